The highest BCUT2D eigenvalue weighted by Crippen LogP contribution is 2.14. The molecule has 0 saturated carbocycles. The molecule has 8 nitrogen and oxygen atoms in total. The second-order valence-corrected chi connectivity index (χ2v) is 6.67. The molecule has 0 spiro atoms. The number of aromatic nitrogens is 4. The van der Waals surface area contributed by atoms with Gasteiger partial charge < -0.3 is 10.6 Å². The zero-order valence-electron chi connectivity index (χ0n) is 15.2. The third-order valence-corrected chi connectivity index (χ3v) is 4.50. The van der Waals surface area contributed by atoms with Gasteiger partial charge in [0.25, 0.3) is 11.5 Å². The standard InChI is InChI=1S/C20H17ClN6O2/c21-14-8-6-13(7-9-14)18(28)22-10-11-23-20-25-17-16(19(29)26-20)12-24-27(17)15-4-2-1-3-5-15/h1-9,12H,10-11H2,(H,22,28)(H2,23,25,26,29). The zero-order valence-corrected chi connectivity index (χ0v) is 16.0. The molecule has 0 aliphatic rings. The molecule has 2 aromatic heterocycles. The normalized spacial score (nSPS) is 10.8. The van der Waals surface area contributed by atoms with Crippen molar-refractivity contribution in [1.82, 2.24) is 25.1 Å². The number of para-hydroxylation sites is 1. The van der Waals surface area contributed by atoms with Crippen LogP contribution in [0.4, 0.5) is 5.95 Å². The summed E-state index contributed by atoms with van der Waals surface area (Å²) >= 11 is 5.82. The van der Waals surface area contributed by atoms with E-state index in [2.05, 4.69) is 25.7 Å². The molecular weight excluding hydrogens is 392 g/mol. The van der Waals surface area contributed by atoms with Crippen LogP contribution in [0.25, 0.3) is 16.7 Å². The van der Waals surface area contributed by atoms with E-state index in [4.69, 9.17) is 11.6 Å². The van der Waals surface area contributed by atoms with Gasteiger partial charge in [-0.15, -0.1) is 0 Å². The summed E-state index contributed by atoms with van der Waals surface area (Å²) in [5.74, 6) is 0.100. The minimum atomic E-state index is -0.287. The molecule has 4 aromatic rings. The number of halogens is 1. The summed E-state index contributed by atoms with van der Waals surface area (Å²) in [5.41, 5.74) is 1.49. The monoisotopic (exact) mass is 408 g/mol. The van der Waals surface area contributed by atoms with Gasteiger partial charge in [0.1, 0.15) is 5.39 Å². The van der Waals surface area contributed by atoms with E-state index in [1.54, 1.807) is 28.9 Å². The molecule has 0 aliphatic heterocycles. The Morgan fingerprint density at radius 3 is 2.59 bits per heavy atom. The Morgan fingerprint density at radius 1 is 1.07 bits per heavy atom. The van der Waals surface area contributed by atoms with Crippen molar-refractivity contribution in [1.29, 1.82) is 0 Å². The largest absolute Gasteiger partial charge is 0.354 e. The Labute approximate surface area is 170 Å². The van der Waals surface area contributed by atoms with Gasteiger partial charge >= 0.3 is 0 Å². The van der Waals surface area contributed by atoms with Gasteiger partial charge in [-0.25, -0.2) is 4.68 Å². The van der Waals surface area contributed by atoms with Gasteiger partial charge in [0.15, 0.2) is 5.65 Å². The lowest BCUT2D eigenvalue weighted by molar-refractivity contribution is 0.0955. The molecule has 0 saturated heterocycles. The number of nitrogens with one attached hydrogen (secondary N) is 3. The lowest BCUT2D eigenvalue weighted by atomic mass is 10.2. The fourth-order valence-corrected chi connectivity index (χ4v) is 2.95. The van der Waals surface area contributed by atoms with E-state index in [-0.39, 0.29) is 11.5 Å². The summed E-state index contributed by atoms with van der Waals surface area (Å²) in [4.78, 5) is 31.6. The van der Waals surface area contributed by atoms with E-state index in [1.165, 1.54) is 6.20 Å². The minimum absolute atomic E-state index is 0.206. The van der Waals surface area contributed by atoms with Crippen molar-refractivity contribution in [3.8, 4) is 5.69 Å². The first-order valence-electron chi connectivity index (χ1n) is 8.93. The van der Waals surface area contributed by atoms with E-state index in [0.717, 1.165) is 5.69 Å². The number of anilines is 1. The van der Waals surface area contributed by atoms with Crippen molar-refractivity contribution in [2.45, 2.75) is 0 Å². The van der Waals surface area contributed by atoms with Crippen molar-refractivity contribution in [3.05, 3.63) is 81.7 Å². The van der Waals surface area contributed by atoms with Crippen LogP contribution in [0, 0.1) is 0 Å². The molecule has 2 aromatic carbocycles. The highest BCUT2D eigenvalue weighted by atomic mass is 35.5. The number of amides is 1. The molecule has 0 unspecified atom stereocenters. The van der Waals surface area contributed by atoms with E-state index in [0.29, 0.717) is 40.7 Å². The average molecular weight is 409 g/mol. The van der Waals surface area contributed by atoms with Crippen molar-refractivity contribution in [3.63, 3.8) is 0 Å². The van der Waals surface area contributed by atoms with Gasteiger partial charge in [-0.3, -0.25) is 14.6 Å². The Morgan fingerprint density at radius 2 is 1.83 bits per heavy atom. The molecule has 0 radical (unpaired) electrons. The number of fused-ring (bicyclic) bond motifs is 1. The molecule has 2 heterocycles. The van der Waals surface area contributed by atoms with E-state index < -0.39 is 0 Å². The van der Waals surface area contributed by atoms with Crippen molar-refractivity contribution >= 4 is 34.5 Å². The first kappa shape index (κ1) is 18.7. The van der Waals surface area contributed by atoms with Crippen LogP contribution in [-0.4, -0.2) is 38.7 Å². The second-order valence-electron chi connectivity index (χ2n) is 6.23. The van der Waals surface area contributed by atoms with Gasteiger partial charge in [-0.2, -0.15) is 10.1 Å². The molecule has 4 rings (SSSR count). The zero-order chi connectivity index (χ0) is 20.2. The van der Waals surface area contributed by atoms with Crippen molar-refractivity contribution in [2.24, 2.45) is 0 Å². The lowest BCUT2D eigenvalue weighted by Gasteiger charge is -2.08. The summed E-state index contributed by atoms with van der Waals surface area (Å²) in [7, 11) is 0. The topological polar surface area (TPSA) is 105 Å². The third-order valence-electron chi connectivity index (χ3n) is 4.25. The van der Waals surface area contributed by atoms with Gasteiger partial charge in [0.05, 0.1) is 11.9 Å². The summed E-state index contributed by atoms with van der Waals surface area (Å²) in [6.07, 6.45) is 1.49. The fraction of sp³-hybridized carbons (Fsp3) is 0.100. The summed E-state index contributed by atoms with van der Waals surface area (Å²) in [5, 5.41) is 11.0. The predicted molar refractivity (Wildman–Crippen MR) is 112 cm³/mol. The summed E-state index contributed by atoms with van der Waals surface area (Å²) in [6.45, 7) is 0.731. The molecule has 1 amide bonds. The molecule has 146 valence electrons. The number of benzene rings is 2. The van der Waals surface area contributed by atoms with Crippen molar-refractivity contribution in [2.75, 3.05) is 18.4 Å². The lowest BCUT2D eigenvalue weighted by Crippen LogP contribution is -2.29. The number of H-pyrrole nitrogens is 1. The third kappa shape index (κ3) is 4.12. The SMILES string of the molecule is O=C(NCCNc1nc2c(cnn2-c2ccccc2)c(=O)[nH]1)c1ccc(Cl)cc1. The molecular formula is C20H17ClN6O2. The Hall–Kier alpha value is -3.65. The van der Waals surface area contributed by atoms with E-state index in [1.807, 2.05) is 30.3 Å². The maximum Gasteiger partial charge on any atom is 0.263 e. The molecule has 0 fully saturated rings. The number of nitrogens with zero attached hydrogens (tertiary/aromatic N) is 3. The van der Waals surface area contributed by atoms with E-state index in [9.17, 15) is 9.59 Å². The fourth-order valence-electron chi connectivity index (χ4n) is 2.82. The van der Waals surface area contributed by atoms with Crippen LogP contribution in [0.2, 0.25) is 5.02 Å². The number of hydrogen-bond donors (Lipinski definition) is 3. The van der Waals surface area contributed by atoms with Crippen LogP contribution in [0.15, 0.2) is 65.6 Å². The van der Waals surface area contributed by atoms with Crippen LogP contribution in [0.1, 0.15) is 10.4 Å². The maximum absolute atomic E-state index is 12.3. The highest BCUT2D eigenvalue weighted by molar-refractivity contribution is 6.30. The van der Waals surface area contributed by atoms with Gasteiger partial charge in [0, 0.05) is 23.7 Å². The van der Waals surface area contributed by atoms with Gasteiger partial charge in [0.2, 0.25) is 5.95 Å². The van der Waals surface area contributed by atoms with Gasteiger partial charge in [-0.05, 0) is 36.4 Å². The Bertz CT molecular complexity index is 1200. The Balaban J connectivity index is 1.44. The maximum atomic E-state index is 12.3. The molecule has 0 aliphatic carbocycles. The first-order valence-corrected chi connectivity index (χ1v) is 9.31. The molecule has 0 bridgehead atoms. The summed E-state index contributed by atoms with van der Waals surface area (Å²) in [6, 6.07) is 16.1. The molecule has 3 N–H and O–H groups in total. The van der Waals surface area contributed by atoms with Crippen LogP contribution < -0.4 is 16.2 Å². The van der Waals surface area contributed by atoms with Crippen molar-refractivity contribution < 1.29 is 4.79 Å². The predicted octanol–water partition coefficient (Wildman–Crippen LogP) is 2.60. The molecule has 9 heteroatoms. The quantitative estimate of drug-likeness (QED) is 0.425. The van der Waals surface area contributed by atoms with Crippen LogP contribution in [0.5, 0.6) is 0 Å². The molecule has 29 heavy (non-hydrogen) atoms. The van der Waals surface area contributed by atoms with E-state index >= 15 is 0 Å². The van der Waals surface area contributed by atoms with Crippen LogP contribution in [-0.2, 0) is 0 Å². The van der Waals surface area contributed by atoms with Crippen LogP contribution in [0.3, 0.4) is 0 Å². The summed E-state index contributed by atoms with van der Waals surface area (Å²) < 4.78 is 1.61. The highest BCUT2D eigenvalue weighted by Gasteiger charge is 2.11. The number of rotatable bonds is 6. The van der Waals surface area contributed by atoms with Crippen LogP contribution >= 0.6 is 11.6 Å². The smallest absolute Gasteiger partial charge is 0.263 e. The second kappa shape index (κ2) is 8.15. The molecule has 0 atom stereocenters. The number of carbonyl (C=O) groups is 1. The number of aromatic amines is 1. The Kier molecular flexibility index (Phi) is 5.26. The number of hydrogen-bond acceptors (Lipinski definition) is 5. The van der Waals surface area contributed by atoms with Gasteiger partial charge in [-0.1, -0.05) is 29.8 Å². The average Bonchev–Trinajstić information content (AvgIpc) is 3.17. The minimum Gasteiger partial charge on any atom is -0.354 e. The first-order chi connectivity index (χ1) is 14.1. The number of carbonyl (C=O) groups excluding carboxylic acids is 1.